The zero-order valence-corrected chi connectivity index (χ0v) is 9.91. The van der Waals surface area contributed by atoms with E-state index in [2.05, 4.69) is 5.32 Å². The summed E-state index contributed by atoms with van der Waals surface area (Å²) in [5, 5.41) is 12.2. The molecule has 0 saturated carbocycles. The molecule has 0 bridgehead atoms. The van der Waals surface area contributed by atoms with Gasteiger partial charge >= 0.3 is 6.03 Å². The molecule has 1 aromatic rings. The number of morpholine rings is 1. The SMILES string of the molecule is O=C(Nc1ccc(O)cc1Cl)N1CCOCC1. The first kappa shape index (κ1) is 12.0. The van der Waals surface area contributed by atoms with Gasteiger partial charge in [0.15, 0.2) is 0 Å². The van der Waals surface area contributed by atoms with Gasteiger partial charge in [-0.2, -0.15) is 0 Å². The molecule has 17 heavy (non-hydrogen) atoms. The van der Waals surface area contributed by atoms with Gasteiger partial charge in [0.1, 0.15) is 5.75 Å². The molecule has 1 fully saturated rings. The highest BCUT2D eigenvalue weighted by atomic mass is 35.5. The highest BCUT2D eigenvalue weighted by Gasteiger charge is 2.17. The minimum atomic E-state index is -0.208. The molecule has 2 N–H and O–H groups in total. The Labute approximate surface area is 104 Å². The topological polar surface area (TPSA) is 61.8 Å². The van der Waals surface area contributed by atoms with E-state index in [1.807, 2.05) is 0 Å². The maximum atomic E-state index is 11.8. The second kappa shape index (κ2) is 5.25. The number of phenolic OH excluding ortho intramolecular Hbond substituents is 1. The molecule has 2 amide bonds. The summed E-state index contributed by atoms with van der Waals surface area (Å²) in [7, 11) is 0. The van der Waals surface area contributed by atoms with Crippen LogP contribution in [-0.2, 0) is 4.74 Å². The lowest BCUT2D eigenvalue weighted by atomic mass is 10.3. The summed E-state index contributed by atoms with van der Waals surface area (Å²) in [5.41, 5.74) is 0.487. The summed E-state index contributed by atoms with van der Waals surface area (Å²) in [6, 6.07) is 4.22. The van der Waals surface area contributed by atoms with Gasteiger partial charge < -0.3 is 20.1 Å². The number of amides is 2. The Morgan fingerprint density at radius 2 is 2.12 bits per heavy atom. The smallest absolute Gasteiger partial charge is 0.322 e. The van der Waals surface area contributed by atoms with Crippen molar-refractivity contribution >= 4 is 23.3 Å². The lowest BCUT2D eigenvalue weighted by Gasteiger charge is -2.27. The summed E-state index contributed by atoms with van der Waals surface area (Å²) in [4.78, 5) is 13.5. The van der Waals surface area contributed by atoms with Gasteiger partial charge in [-0.15, -0.1) is 0 Å². The van der Waals surface area contributed by atoms with Gasteiger partial charge in [0.25, 0.3) is 0 Å². The van der Waals surface area contributed by atoms with Crippen molar-refractivity contribution in [3.63, 3.8) is 0 Å². The molecule has 1 aromatic carbocycles. The molecule has 0 radical (unpaired) electrons. The molecule has 0 atom stereocenters. The Hall–Kier alpha value is -1.46. The Balaban J connectivity index is 2.02. The van der Waals surface area contributed by atoms with E-state index in [4.69, 9.17) is 16.3 Å². The molecule has 1 aliphatic rings. The quantitative estimate of drug-likeness (QED) is 0.755. The summed E-state index contributed by atoms with van der Waals surface area (Å²) < 4.78 is 5.16. The van der Waals surface area contributed by atoms with Crippen LogP contribution in [0, 0.1) is 0 Å². The summed E-state index contributed by atoms with van der Waals surface area (Å²) >= 11 is 5.89. The van der Waals surface area contributed by atoms with Gasteiger partial charge in [-0.05, 0) is 12.1 Å². The fourth-order valence-corrected chi connectivity index (χ4v) is 1.79. The molecule has 1 aliphatic heterocycles. The third kappa shape index (κ3) is 3.01. The number of carbonyl (C=O) groups is 1. The number of rotatable bonds is 1. The van der Waals surface area contributed by atoms with Crippen LogP contribution in [0.1, 0.15) is 0 Å². The number of nitrogens with one attached hydrogen (secondary N) is 1. The largest absolute Gasteiger partial charge is 0.508 e. The zero-order valence-electron chi connectivity index (χ0n) is 9.15. The summed E-state index contributed by atoms with van der Waals surface area (Å²) in [5.74, 6) is 0.0689. The van der Waals surface area contributed by atoms with Crippen molar-refractivity contribution in [1.29, 1.82) is 0 Å². The molecule has 6 heteroatoms. The average molecular weight is 257 g/mol. The first-order valence-corrected chi connectivity index (χ1v) is 5.67. The normalized spacial score (nSPS) is 15.7. The number of halogens is 1. The van der Waals surface area contributed by atoms with E-state index in [0.717, 1.165) is 0 Å². The van der Waals surface area contributed by atoms with Crippen LogP contribution < -0.4 is 5.32 Å². The number of aromatic hydroxyl groups is 1. The second-order valence-electron chi connectivity index (χ2n) is 3.69. The van der Waals surface area contributed by atoms with E-state index in [-0.39, 0.29) is 11.8 Å². The molecular formula is C11H13ClN2O3. The van der Waals surface area contributed by atoms with Crippen LogP contribution in [-0.4, -0.2) is 42.3 Å². The Morgan fingerprint density at radius 1 is 1.41 bits per heavy atom. The number of hydrogen-bond donors (Lipinski definition) is 2. The van der Waals surface area contributed by atoms with Gasteiger partial charge in [-0.25, -0.2) is 4.79 Å². The van der Waals surface area contributed by atoms with Crippen LogP contribution in [0.15, 0.2) is 18.2 Å². The highest BCUT2D eigenvalue weighted by molar-refractivity contribution is 6.33. The standard InChI is InChI=1S/C11H13ClN2O3/c12-9-7-8(15)1-2-10(9)13-11(16)14-3-5-17-6-4-14/h1-2,7,15H,3-6H2,(H,13,16). The third-order valence-electron chi connectivity index (χ3n) is 2.49. The van der Waals surface area contributed by atoms with Crippen LogP contribution in [0.25, 0.3) is 0 Å². The van der Waals surface area contributed by atoms with Crippen molar-refractivity contribution in [3.05, 3.63) is 23.2 Å². The fraction of sp³-hybridized carbons (Fsp3) is 0.364. The Bertz CT molecular complexity index is 419. The van der Waals surface area contributed by atoms with Crippen molar-refractivity contribution < 1.29 is 14.6 Å². The highest BCUT2D eigenvalue weighted by Crippen LogP contribution is 2.26. The molecule has 0 unspecified atom stereocenters. The number of hydrogen-bond acceptors (Lipinski definition) is 3. The van der Waals surface area contributed by atoms with E-state index in [9.17, 15) is 9.90 Å². The van der Waals surface area contributed by atoms with Crippen LogP contribution in [0.2, 0.25) is 5.02 Å². The number of nitrogens with zero attached hydrogens (tertiary/aromatic N) is 1. The molecule has 92 valence electrons. The number of urea groups is 1. The van der Waals surface area contributed by atoms with E-state index in [1.54, 1.807) is 11.0 Å². The molecule has 5 nitrogen and oxygen atoms in total. The van der Waals surface area contributed by atoms with Crippen molar-refractivity contribution in [3.8, 4) is 5.75 Å². The molecule has 0 aromatic heterocycles. The monoisotopic (exact) mass is 256 g/mol. The number of benzene rings is 1. The van der Waals surface area contributed by atoms with Crippen LogP contribution in [0.4, 0.5) is 10.5 Å². The van der Waals surface area contributed by atoms with Crippen LogP contribution >= 0.6 is 11.6 Å². The fourth-order valence-electron chi connectivity index (χ4n) is 1.57. The number of phenols is 1. The molecule has 0 spiro atoms. The van der Waals surface area contributed by atoms with Crippen molar-refractivity contribution in [2.75, 3.05) is 31.6 Å². The molecule has 1 heterocycles. The van der Waals surface area contributed by atoms with Gasteiger partial charge in [0.05, 0.1) is 23.9 Å². The second-order valence-corrected chi connectivity index (χ2v) is 4.10. The molecule has 1 saturated heterocycles. The maximum Gasteiger partial charge on any atom is 0.322 e. The van der Waals surface area contributed by atoms with Gasteiger partial charge in [0, 0.05) is 19.2 Å². The Kier molecular flexibility index (Phi) is 3.71. The lowest BCUT2D eigenvalue weighted by Crippen LogP contribution is -2.43. The number of ether oxygens (including phenoxy) is 1. The average Bonchev–Trinajstić information content (AvgIpc) is 2.34. The van der Waals surface area contributed by atoms with E-state index >= 15 is 0 Å². The molecule has 0 aliphatic carbocycles. The lowest BCUT2D eigenvalue weighted by molar-refractivity contribution is 0.0564. The minimum Gasteiger partial charge on any atom is -0.508 e. The number of carbonyl (C=O) groups excluding carboxylic acids is 1. The molecular weight excluding hydrogens is 244 g/mol. The van der Waals surface area contributed by atoms with Crippen molar-refractivity contribution in [2.45, 2.75) is 0 Å². The van der Waals surface area contributed by atoms with Gasteiger partial charge in [-0.1, -0.05) is 11.6 Å². The van der Waals surface area contributed by atoms with Crippen molar-refractivity contribution in [1.82, 2.24) is 4.90 Å². The van der Waals surface area contributed by atoms with Crippen LogP contribution in [0.3, 0.4) is 0 Å². The predicted molar refractivity (Wildman–Crippen MR) is 64.5 cm³/mol. The van der Waals surface area contributed by atoms with E-state index < -0.39 is 0 Å². The van der Waals surface area contributed by atoms with Gasteiger partial charge in [0.2, 0.25) is 0 Å². The third-order valence-corrected chi connectivity index (χ3v) is 2.81. The minimum absolute atomic E-state index is 0.0689. The summed E-state index contributed by atoms with van der Waals surface area (Å²) in [6.07, 6.45) is 0. The molecule has 2 rings (SSSR count). The van der Waals surface area contributed by atoms with Gasteiger partial charge in [-0.3, -0.25) is 0 Å². The van der Waals surface area contributed by atoms with E-state index in [0.29, 0.717) is 37.0 Å². The first-order chi connectivity index (χ1) is 8.16. The first-order valence-electron chi connectivity index (χ1n) is 5.29. The zero-order chi connectivity index (χ0) is 12.3. The van der Waals surface area contributed by atoms with Crippen molar-refractivity contribution in [2.24, 2.45) is 0 Å². The number of anilines is 1. The predicted octanol–water partition coefficient (Wildman–Crippen LogP) is 1.91. The Morgan fingerprint density at radius 3 is 2.76 bits per heavy atom. The van der Waals surface area contributed by atoms with E-state index in [1.165, 1.54) is 12.1 Å². The maximum absolute atomic E-state index is 11.8. The summed E-state index contributed by atoms with van der Waals surface area (Å²) in [6.45, 7) is 2.25. The van der Waals surface area contributed by atoms with Crippen LogP contribution in [0.5, 0.6) is 5.75 Å².